The zero-order chi connectivity index (χ0) is 22.8. The van der Waals surface area contributed by atoms with Gasteiger partial charge in [0.15, 0.2) is 6.61 Å². The minimum absolute atomic E-state index is 0.213. The fourth-order valence-electron chi connectivity index (χ4n) is 2.99. The molecule has 0 aliphatic rings. The predicted molar refractivity (Wildman–Crippen MR) is 123 cm³/mol. The number of amides is 3. The largest absolute Gasteiger partial charge is 0.483 e. The zero-order valence-electron chi connectivity index (χ0n) is 17.8. The van der Waals surface area contributed by atoms with Crippen molar-refractivity contribution in [2.75, 3.05) is 18.5 Å². The standard InChI is InChI=1S/C25H25N3O4/c1-2-26-24(30)19-11-8-12-20(15-19)28-23(29)17-32-22-14-7-6-13-21(22)25(31)27-16-18-9-4-3-5-10-18/h3-15H,2,16-17H2,1H3,(H,26,30)(H,27,31)(H,28,29). The van der Waals surface area contributed by atoms with Gasteiger partial charge in [-0.25, -0.2) is 0 Å². The summed E-state index contributed by atoms with van der Waals surface area (Å²) in [5.74, 6) is -0.600. The summed E-state index contributed by atoms with van der Waals surface area (Å²) < 4.78 is 5.61. The van der Waals surface area contributed by atoms with Crippen molar-refractivity contribution in [3.8, 4) is 5.75 Å². The minimum Gasteiger partial charge on any atom is -0.483 e. The minimum atomic E-state index is -0.405. The van der Waals surface area contributed by atoms with Crippen LogP contribution >= 0.6 is 0 Å². The molecule has 3 aromatic carbocycles. The van der Waals surface area contributed by atoms with Crippen LogP contribution in [-0.4, -0.2) is 30.9 Å². The Morgan fingerprint density at radius 3 is 2.34 bits per heavy atom. The van der Waals surface area contributed by atoms with E-state index in [1.54, 1.807) is 48.5 Å². The molecule has 7 nitrogen and oxygen atoms in total. The van der Waals surface area contributed by atoms with Crippen molar-refractivity contribution in [3.05, 3.63) is 95.6 Å². The van der Waals surface area contributed by atoms with Crippen LogP contribution in [0.25, 0.3) is 0 Å². The number of rotatable bonds is 9. The Morgan fingerprint density at radius 1 is 0.812 bits per heavy atom. The Hall–Kier alpha value is -4.13. The number of benzene rings is 3. The first-order valence-corrected chi connectivity index (χ1v) is 10.3. The van der Waals surface area contributed by atoms with E-state index in [2.05, 4.69) is 16.0 Å². The third-order valence-electron chi connectivity index (χ3n) is 4.53. The lowest BCUT2D eigenvalue weighted by Gasteiger charge is -2.12. The molecule has 3 N–H and O–H groups in total. The van der Waals surface area contributed by atoms with Crippen molar-refractivity contribution in [2.45, 2.75) is 13.5 Å². The van der Waals surface area contributed by atoms with Gasteiger partial charge in [-0.3, -0.25) is 14.4 Å². The van der Waals surface area contributed by atoms with E-state index in [1.165, 1.54) is 0 Å². The van der Waals surface area contributed by atoms with Gasteiger partial charge in [0.1, 0.15) is 5.75 Å². The van der Waals surface area contributed by atoms with Crippen LogP contribution in [0.4, 0.5) is 5.69 Å². The highest BCUT2D eigenvalue weighted by Crippen LogP contribution is 2.18. The second-order valence-corrected chi connectivity index (χ2v) is 6.94. The molecule has 164 valence electrons. The first-order chi connectivity index (χ1) is 15.6. The summed E-state index contributed by atoms with van der Waals surface area (Å²) in [5.41, 5.74) is 2.25. The second kappa shape index (κ2) is 11.3. The topological polar surface area (TPSA) is 96.5 Å². The van der Waals surface area contributed by atoms with Gasteiger partial charge in [-0.1, -0.05) is 48.5 Å². The molecule has 0 aliphatic carbocycles. The van der Waals surface area contributed by atoms with Crippen LogP contribution in [0.3, 0.4) is 0 Å². The molecule has 0 aromatic heterocycles. The van der Waals surface area contributed by atoms with Gasteiger partial charge in [-0.2, -0.15) is 0 Å². The third-order valence-corrected chi connectivity index (χ3v) is 4.53. The first-order valence-electron chi connectivity index (χ1n) is 10.3. The second-order valence-electron chi connectivity index (χ2n) is 6.94. The van der Waals surface area contributed by atoms with Crippen molar-refractivity contribution in [1.29, 1.82) is 0 Å². The third kappa shape index (κ3) is 6.43. The molecule has 0 aliphatic heterocycles. The summed E-state index contributed by atoms with van der Waals surface area (Å²) >= 11 is 0. The number of hydrogen-bond donors (Lipinski definition) is 3. The molecule has 0 fully saturated rings. The number of nitrogens with one attached hydrogen (secondary N) is 3. The van der Waals surface area contributed by atoms with E-state index >= 15 is 0 Å². The number of carbonyl (C=O) groups is 3. The zero-order valence-corrected chi connectivity index (χ0v) is 17.8. The monoisotopic (exact) mass is 431 g/mol. The van der Waals surface area contributed by atoms with Crippen molar-refractivity contribution in [2.24, 2.45) is 0 Å². The Labute approximate surface area is 186 Å². The Bertz CT molecular complexity index is 1080. The number of hydrogen-bond acceptors (Lipinski definition) is 4. The van der Waals surface area contributed by atoms with Crippen molar-refractivity contribution in [3.63, 3.8) is 0 Å². The van der Waals surface area contributed by atoms with E-state index in [1.807, 2.05) is 37.3 Å². The molecule has 0 spiro atoms. The van der Waals surface area contributed by atoms with Gasteiger partial charge in [0, 0.05) is 24.3 Å². The van der Waals surface area contributed by atoms with Crippen molar-refractivity contribution < 1.29 is 19.1 Å². The van der Waals surface area contributed by atoms with E-state index in [9.17, 15) is 14.4 Å². The maximum absolute atomic E-state index is 12.6. The normalized spacial score (nSPS) is 10.2. The first kappa shape index (κ1) is 22.6. The molecule has 32 heavy (non-hydrogen) atoms. The summed E-state index contributed by atoms with van der Waals surface area (Å²) in [7, 11) is 0. The Kier molecular flexibility index (Phi) is 7.97. The van der Waals surface area contributed by atoms with Gasteiger partial charge in [0.25, 0.3) is 17.7 Å². The van der Waals surface area contributed by atoms with Gasteiger partial charge in [-0.15, -0.1) is 0 Å². The molecule has 0 unspecified atom stereocenters. The van der Waals surface area contributed by atoms with Crippen LogP contribution in [0.2, 0.25) is 0 Å². The molecule has 0 heterocycles. The molecule has 0 saturated heterocycles. The summed E-state index contributed by atoms with van der Waals surface area (Å²) in [6.45, 7) is 2.45. The maximum Gasteiger partial charge on any atom is 0.262 e. The number of anilines is 1. The molecule has 3 aromatic rings. The van der Waals surface area contributed by atoms with Gasteiger partial charge >= 0.3 is 0 Å². The molecule has 3 amide bonds. The molecule has 3 rings (SSSR count). The summed E-state index contributed by atoms with van der Waals surface area (Å²) in [5, 5.41) is 8.27. The van der Waals surface area contributed by atoms with Crippen molar-refractivity contribution >= 4 is 23.4 Å². The average Bonchev–Trinajstić information content (AvgIpc) is 2.82. The molecule has 7 heteroatoms. The van der Waals surface area contributed by atoms with E-state index in [0.29, 0.717) is 35.7 Å². The van der Waals surface area contributed by atoms with Gasteiger partial charge < -0.3 is 20.7 Å². The highest BCUT2D eigenvalue weighted by Gasteiger charge is 2.14. The fourth-order valence-corrected chi connectivity index (χ4v) is 2.99. The van der Waals surface area contributed by atoms with E-state index in [4.69, 9.17) is 4.74 Å². The summed E-state index contributed by atoms with van der Waals surface area (Å²) in [6, 6.07) is 23.0. The molecule has 0 saturated carbocycles. The summed E-state index contributed by atoms with van der Waals surface area (Å²) in [6.07, 6.45) is 0. The fraction of sp³-hybridized carbons (Fsp3) is 0.160. The molecule has 0 atom stereocenters. The van der Waals surface area contributed by atoms with Crippen LogP contribution in [-0.2, 0) is 11.3 Å². The maximum atomic E-state index is 12.6. The van der Waals surface area contributed by atoms with Crippen LogP contribution in [0.15, 0.2) is 78.9 Å². The smallest absolute Gasteiger partial charge is 0.262 e. The highest BCUT2D eigenvalue weighted by atomic mass is 16.5. The SMILES string of the molecule is CCNC(=O)c1cccc(NC(=O)COc2ccccc2C(=O)NCc2ccccc2)c1. The predicted octanol–water partition coefficient (Wildman–Crippen LogP) is 3.38. The molecule has 0 radical (unpaired) electrons. The van der Waals surface area contributed by atoms with E-state index in [-0.39, 0.29) is 18.4 Å². The lowest BCUT2D eigenvalue weighted by molar-refractivity contribution is -0.118. The molecular formula is C25H25N3O4. The lowest BCUT2D eigenvalue weighted by Crippen LogP contribution is -2.25. The van der Waals surface area contributed by atoms with Gasteiger partial charge in [-0.05, 0) is 42.8 Å². The van der Waals surface area contributed by atoms with E-state index in [0.717, 1.165) is 5.56 Å². The Morgan fingerprint density at radius 2 is 1.56 bits per heavy atom. The highest BCUT2D eigenvalue weighted by molar-refractivity contribution is 5.98. The van der Waals surface area contributed by atoms with E-state index < -0.39 is 5.91 Å². The number of carbonyl (C=O) groups excluding carboxylic acids is 3. The average molecular weight is 431 g/mol. The van der Waals surface area contributed by atoms with Gasteiger partial charge in [0.2, 0.25) is 0 Å². The Balaban J connectivity index is 1.58. The van der Waals surface area contributed by atoms with Crippen LogP contribution < -0.4 is 20.7 Å². The lowest BCUT2D eigenvalue weighted by atomic mass is 10.1. The van der Waals surface area contributed by atoms with Crippen LogP contribution in [0.1, 0.15) is 33.2 Å². The molecular weight excluding hydrogens is 406 g/mol. The number of ether oxygens (including phenoxy) is 1. The van der Waals surface area contributed by atoms with Gasteiger partial charge in [0.05, 0.1) is 5.56 Å². The number of para-hydroxylation sites is 1. The van der Waals surface area contributed by atoms with Crippen LogP contribution in [0.5, 0.6) is 5.75 Å². The summed E-state index contributed by atoms with van der Waals surface area (Å²) in [4.78, 5) is 36.9. The van der Waals surface area contributed by atoms with Crippen LogP contribution in [0, 0.1) is 0 Å². The van der Waals surface area contributed by atoms with Crippen molar-refractivity contribution in [1.82, 2.24) is 10.6 Å². The molecule has 0 bridgehead atoms. The quantitative estimate of drug-likeness (QED) is 0.484.